The van der Waals surface area contributed by atoms with Crippen LogP contribution in [0.25, 0.3) is 0 Å². The van der Waals surface area contributed by atoms with Crippen molar-refractivity contribution in [1.29, 1.82) is 0 Å². The van der Waals surface area contributed by atoms with Gasteiger partial charge in [0, 0.05) is 0 Å². The largest absolute Gasteiger partial charge is 0.394 e. The predicted octanol–water partition coefficient (Wildman–Crippen LogP) is 3.91. The number of hydrogen-bond donors (Lipinski definition) is 0. The van der Waals surface area contributed by atoms with Crippen molar-refractivity contribution in [3.63, 3.8) is 0 Å². The molecule has 0 heterocycles. The van der Waals surface area contributed by atoms with Gasteiger partial charge in [-0.3, -0.25) is 0 Å². The Labute approximate surface area is 71.1 Å². The van der Waals surface area contributed by atoms with E-state index in [1.165, 1.54) is 0 Å². The minimum Gasteiger partial charge on any atom is -0.171 e. The highest BCUT2D eigenvalue weighted by atomic mass is 19.4. The van der Waals surface area contributed by atoms with Crippen LogP contribution in [-0.4, -0.2) is 6.18 Å². The SMILES string of the molecule is CCC1(C(F)(F)F)CCCCC1. The van der Waals surface area contributed by atoms with Crippen LogP contribution in [0.5, 0.6) is 0 Å². The van der Waals surface area contributed by atoms with E-state index >= 15 is 0 Å². The van der Waals surface area contributed by atoms with Gasteiger partial charge in [-0.05, 0) is 19.3 Å². The second kappa shape index (κ2) is 3.27. The summed E-state index contributed by atoms with van der Waals surface area (Å²) in [5.74, 6) is 0. The van der Waals surface area contributed by atoms with Gasteiger partial charge in [-0.2, -0.15) is 13.2 Å². The Hall–Kier alpha value is -0.210. The van der Waals surface area contributed by atoms with Crippen LogP contribution < -0.4 is 0 Å². The number of halogens is 3. The Morgan fingerprint density at radius 3 is 1.83 bits per heavy atom. The van der Waals surface area contributed by atoms with Crippen molar-refractivity contribution in [2.24, 2.45) is 5.41 Å². The molecule has 0 saturated heterocycles. The van der Waals surface area contributed by atoms with Gasteiger partial charge >= 0.3 is 6.18 Å². The Kier molecular flexibility index (Phi) is 2.69. The Morgan fingerprint density at radius 2 is 1.58 bits per heavy atom. The monoisotopic (exact) mass is 180 g/mol. The molecule has 1 aliphatic rings. The van der Waals surface area contributed by atoms with E-state index < -0.39 is 11.6 Å². The van der Waals surface area contributed by atoms with Crippen LogP contribution in [0.1, 0.15) is 45.4 Å². The lowest BCUT2D eigenvalue weighted by molar-refractivity contribution is -0.235. The predicted molar refractivity (Wildman–Crippen MR) is 41.9 cm³/mol. The quantitative estimate of drug-likeness (QED) is 0.574. The van der Waals surface area contributed by atoms with E-state index in [4.69, 9.17) is 0 Å². The molecule has 72 valence electrons. The molecule has 0 nitrogen and oxygen atoms in total. The van der Waals surface area contributed by atoms with Crippen LogP contribution >= 0.6 is 0 Å². The third kappa shape index (κ3) is 1.59. The molecular formula is C9H15F3. The molecule has 0 atom stereocenters. The number of hydrogen-bond acceptors (Lipinski definition) is 0. The molecule has 0 N–H and O–H groups in total. The van der Waals surface area contributed by atoms with Crippen molar-refractivity contribution in [2.45, 2.75) is 51.6 Å². The minimum atomic E-state index is -3.98. The first-order valence-corrected chi connectivity index (χ1v) is 4.58. The zero-order chi connectivity index (χ0) is 9.24. The summed E-state index contributed by atoms with van der Waals surface area (Å²) < 4.78 is 37.8. The summed E-state index contributed by atoms with van der Waals surface area (Å²) in [5, 5.41) is 0. The summed E-state index contributed by atoms with van der Waals surface area (Å²) >= 11 is 0. The molecule has 0 amide bonds. The van der Waals surface area contributed by atoms with Gasteiger partial charge in [-0.15, -0.1) is 0 Å². The van der Waals surface area contributed by atoms with Crippen molar-refractivity contribution in [3.05, 3.63) is 0 Å². The summed E-state index contributed by atoms with van der Waals surface area (Å²) in [7, 11) is 0. The number of rotatable bonds is 1. The lowest BCUT2D eigenvalue weighted by atomic mass is 9.72. The Morgan fingerprint density at radius 1 is 1.08 bits per heavy atom. The fourth-order valence-corrected chi connectivity index (χ4v) is 2.07. The Balaban J connectivity index is 2.73. The Bertz CT molecular complexity index is 142. The lowest BCUT2D eigenvalue weighted by Crippen LogP contribution is -2.39. The van der Waals surface area contributed by atoms with Gasteiger partial charge in [-0.1, -0.05) is 26.2 Å². The van der Waals surface area contributed by atoms with Crippen LogP contribution in [-0.2, 0) is 0 Å². The van der Waals surface area contributed by atoms with Crippen molar-refractivity contribution in [1.82, 2.24) is 0 Å². The highest BCUT2D eigenvalue weighted by Gasteiger charge is 2.52. The molecule has 3 heteroatoms. The van der Waals surface area contributed by atoms with Gasteiger partial charge in [0.05, 0.1) is 5.41 Å². The molecule has 0 radical (unpaired) electrons. The van der Waals surface area contributed by atoms with E-state index in [9.17, 15) is 13.2 Å². The van der Waals surface area contributed by atoms with Gasteiger partial charge in [0.15, 0.2) is 0 Å². The van der Waals surface area contributed by atoms with Crippen LogP contribution in [0, 0.1) is 5.41 Å². The molecular weight excluding hydrogens is 165 g/mol. The molecule has 0 bridgehead atoms. The van der Waals surface area contributed by atoms with E-state index in [0.29, 0.717) is 12.8 Å². The van der Waals surface area contributed by atoms with E-state index in [1.807, 2.05) is 0 Å². The first-order valence-electron chi connectivity index (χ1n) is 4.58. The lowest BCUT2D eigenvalue weighted by Gasteiger charge is -2.38. The van der Waals surface area contributed by atoms with E-state index in [-0.39, 0.29) is 6.42 Å². The molecule has 1 saturated carbocycles. The zero-order valence-corrected chi connectivity index (χ0v) is 7.38. The van der Waals surface area contributed by atoms with Crippen molar-refractivity contribution in [2.75, 3.05) is 0 Å². The van der Waals surface area contributed by atoms with Crippen LogP contribution in [0.3, 0.4) is 0 Å². The van der Waals surface area contributed by atoms with Gasteiger partial charge in [-0.25, -0.2) is 0 Å². The maximum atomic E-state index is 12.6. The highest BCUT2D eigenvalue weighted by molar-refractivity contribution is 4.87. The molecule has 0 aromatic heterocycles. The fraction of sp³-hybridized carbons (Fsp3) is 1.00. The molecule has 1 aliphatic carbocycles. The molecule has 0 aromatic carbocycles. The van der Waals surface area contributed by atoms with E-state index in [0.717, 1.165) is 19.3 Å². The minimum absolute atomic E-state index is 0.247. The second-order valence-corrected chi connectivity index (χ2v) is 3.69. The standard InChI is InChI=1S/C9H15F3/c1-2-8(9(10,11)12)6-4-3-5-7-8/h2-7H2,1H3. The highest BCUT2D eigenvalue weighted by Crippen LogP contribution is 2.50. The van der Waals surface area contributed by atoms with Gasteiger partial charge in [0.2, 0.25) is 0 Å². The van der Waals surface area contributed by atoms with Crippen LogP contribution in [0.2, 0.25) is 0 Å². The van der Waals surface area contributed by atoms with Gasteiger partial charge in [0.1, 0.15) is 0 Å². The van der Waals surface area contributed by atoms with Crippen LogP contribution in [0.15, 0.2) is 0 Å². The molecule has 1 fully saturated rings. The van der Waals surface area contributed by atoms with Gasteiger partial charge < -0.3 is 0 Å². The summed E-state index contributed by atoms with van der Waals surface area (Å²) in [6, 6.07) is 0. The maximum Gasteiger partial charge on any atom is 0.394 e. The third-order valence-corrected chi connectivity index (χ3v) is 3.09. The topological polar surface area (TPSA) is 0 Å². The molecule has 0 aromatic rings. The first kappa shape index (κ1) is 9.87. The normalized spacial score (nSPS) is 24.0. The maximum absolute atomic E-state index is 12.6. The zero-order valence-electron chi connectivity index (χ0n) is 7.38. The molecule has 0 aliphatic heterocycles. The molecule has 0 unspecified atom stereocenters. The summed E-state index contributed by atoms with van der Waals surface area (Å²) in [6.45, 7) is 1.65. The molecule has 0 spiro atoms. The van der Waals surface area contributed by atoms with E-state index in [1.54, 1.807) is 6.92 Å². The summed E-state index contributed by atoms with van der Waals surface area (Å²) in [5.41, 5.74) is -1.34. The van der Waals surface area contributed by atoms with Crippen molar-refractivity contribution >= 4 is 0 Å². The average Bonchev–Trinajstić information content (AvgIpc) is 2.04. The third-order valence-electron chi connectivity index (χ3n) is 3.09. The fourth-order valence-electron chi connectivity index (χ4n) is 2.07. The average molecular weight is 180 g/mol. The summed E-state index contributed by atoms with van der Waals surface area (Å²) in [4.78, 5) is 0. The molecule has 12 heavy (non-hydrogen) atoms. The van der Waals surface area contributed by atoms with Crippen molar-refractivity contribution in [3.8, 4) is 0 Å². The molecule has 1 rings (SSSR count). The smallest absolute Gasteiger partial charge is 0.171 e. The van der Waals surface area contributed by atoms with Crippen LogP contribution in [0.4, 0.5) is 13.2 Å². The summed E-state index contributed by atoms with van der Waals surface area (Å²) in [6.07, 6.45) is -0.600. The first-order chi connectivity index (χ1) is 5.52. The second-order valence-electron chi connectivity index (χ2n) is 3.69. The number of alkyl halides is 3. The van der Waals surface area contributed by atoms with Crippen molar-refractivity contribution < 1.29 is 13.2 Å². The van der Waals surface area contributed by atoms with E-state index in [2.05, 4.69) is 0 Å². The van der Waals surface area contributed by atoms with Gasteiger partial charge in [0.25, 0.3) is 0 Å².